The Morgan fingerprint density at radius 3 is 3.06 bits per heavy atom. The molecule has 0 radical (unpaired) electrons. The predicted molar refractivity (Wildman–Crippen MR) is 67.7 cm³/mol. The van der Waals surface area contributed by atoms with Crippen LogP contribution in [0.15, 0.2) is 28.8 Å². The van der Waals surface area contributed by atoms with Gasteiger partial charge in [-0.25, -0.2) is 9.97 Å². The highest BCUT2D eigenvalue weighted by molar-refractivity contribution is 7.15. The van der Waals surface area contributed by atoms with Gasteiger partial charge in [-0.05, 0) is 23.8 Å². The van der Waals surface area contributed by atoms with Gasteiger partial charge in [0, 0.05) is 19.7 Å². The third-order valence-electron chi connectivity index (χ3n) is 2.51. The highest BCUT2D eigenvalue weighted by Gasteiger charge is 2.07. The minimum atomic E-state index is 0.482. The Morgan fingerprint density at radius 2 is 2.29 bits per heavy atom. The van der Waals surface area contributed by atoms with Gasteiger partial charge in [0.1, 0.15) is 10.5 Å². The molecule has 86 valence electrons. The van der Waals surface area contributed by atoms with Crippen molar-refractivity contribution in [3.05, 3.63) is 35.3 Å². The first-order chi connectivity index (χ1) is 8.26. The summed E-state index contributed by atoms with van der Waals surface area (Å²) in [6, 6.07) is 5.97. The van der Waals surface area contributed by atoms with Gasteiger partial charge in [0.2, 0.25) is 0 Å². The van der Waals surface area contributed by atoms with E-state index in [0.29, 0.717) is 12.4 Å². The lowest BCUT2D eigenvalue weighted by Crippen LogP contribution is -1.93. The van der Waals surface area contributed by atoms with Gasteiger partial charge >= 0.3 is 0 Å². The van der Waals surface area contributed by atoms with Crippen LogP contribution in [0.5, 0.6) is 0 Å². The molecule has 0 saturated heterocycles. The van der Waals surface area contributed by atoms with E-state index < -0.39 is 0 Å². The van der Waals surface area contributed by atoms with Crippen molar-refractivity contribution in [1.82, 2.24) is 9.97 Å². The Balaban J connectivity index is 2.10. The molecule has 2 aromatic heterocycles. The number of thiazole rings is 1. The van der Waals surface area contributed by atoms with E-state index in [9.17, 15) is 0 Å². The van der Waals surface area contributed by atoms with Crippen LogP contribution in [0.4, 0.5) is 0 Å². The quantitative estimate of drug-likeness (QED) is 0.754. The zero-order valence-corrected chi connectivity index (χ0v) is 10.1. The van der Waals surface area contributed by atoms with Crippen molar-refractivity contribution in [2.45, 2.75) is 13.5 Å². The molecule has 3 aromatic rings. The normalized spacial score (nSPS) is 11.2. The molecule has 2 heterocycles. The summed E-state index contributed by atoms with van der Waals surface area (Å²) < 4.78 is 5.44. The Labute approximate surface area is 102 Å². The van der Waals surface area contributed by atoms with E-state index in [1.165, 1.54) is 0 Å². The molecule has 0 saturated carbocycles. The molecule has 0 bridgehead atoms. The molecule has 0 fully saturated rings. The van der Waals surface area contributed by atoms with Gasteiger partial charge in [-0.15, -0.1) is 11.3 Å². The van der Waals surface area contributed by atoms with Gasteiger partial charge in [-0.1, -0.05) is 0 Å². The third-order valence-corrected chi connectivity index (χ3v) is 3.58. The van der Waals surface area contributed by atoms with E-state index in [0.717, 1.165) is 26.5 Å². The van der Waals surface area contributed by atoms with E-state index in [4.69, 9.17) is 10.2 Å². The molecule has 0 aliphatic carbocycles. The molecular formula is C12H11N3OS. The van der Waals surface area contributed by atoms with Crippen molar-refractivity contribution in [2.75, 3.05) is 0 Å². The second kappa shape index (κ2) is 3.94. The van der Waals surface area contributed by atoms with Crippen molar-refractivity contribution < 1.29 is 4.42 Å². The summed E-state index contributed by atoms with van der Waals surface area (Å²) in [5.74, 6) is 0.684. The summed E-state index contributed by atoms with van der Waals surface area (Å²) in [5, 5.41) is 0.941. The van der Waals surface area contributed by atoms with Crippen LogP contribution < -0.4 is 5.73 Å². The van der Waals surface area contributed by atoms with E-state index in [1.54, 1.807) is 11.3 Å². The predicted octanol–water partition coefficient (Wildman–Crippen LogP) is 2.72. The summed E-state index contributed by atoms with van der Waals surface area (Å²) >= 11 is 1.61. The number of aryl methyl sites for hydroxylation is 1. The van der Waals surface area contributed by atoms with Crippen LogP contribution >= 0.6 is 11.3 Å². The average molecular weight is 245 g/mol. The fraction of sp³-hybridized carbons (Fsp3) is 0.167. The number of aromatic nitrogens is 2. The molecule has 5 heteroatoms. The van der Waals surface area contributed by atoms with Crippen LogP contribution in [-0.2, 0) is 6.54 Å². The molecule has 17 heavy (non-hydrogen) atoms. The molecule has 0 atom stereocenters. The second-order valence-corrected chi connectivity index (χ2v) is 4.85. The Kier molecular flexibility index (Phi) is 2.42. The first kappa shape index (κ1) is 10.4. The first-order valence-corrected chi connectivity index (χ1v) is 6.10. The molecule has 0 amide bonds. The maximum Gasteiger partial charge on any atom is 0.192 e. The zero-order chi connectivity index (χ0) is 11.8. The highest BCUT2D eigenvalue weighted by Crippen LogP contribution is 2.28. The van der Waals surface area contributed by atoms with Crippen molar-refractivity contribution in [1.29, 1.82) is 0 Å². The standard InChI is InChI=1S/C12H11N3OS/c1-7-15-9-4-8(2-3-10(9)16-7)11-6-14-12(5-13)17-11/h2-4,6H,5,13H2,1H3. The highest BCUT2D eigenvalue weighted by atomic mass is 32.1. The summed E-state index contributed by atoms with van der Waals surface area (Å²) in [6.45, 7) is 2.33. The summed E-state index contributed by atoms with van der Waals surface area (Å²) in [4.78, 5) is 9.67. The maximum absolute atomic E-state index is 5.56. The number of rotatable bonds is 2. The topological polar surface area (TPSA) is 64.9 Å². The minimum absolute atomic E-state index is 0.482. The van der Waals surface area contributed by atoms with Crippen LogP contribution in [0.2, 0.25) is 0 Å². The average Bonchev–Trinajstić information content (AvgIpc) is 2.92. The van der Waals surface area contributed by atoms with E-state index in [-0.39, 0.29) is 0 Å². The van der Waals surface area contributed by atoms with Crippen molar-refractivity contribution >= 4 is 22.4 Å². The monoisotopic (exact) mass is 245 g/mol. The molecular weight excluding hydrogens is 234 g/mol. The van der Waals surface area contributed by atoms with Crippen LogP contribution in [0.1, 0.15) is 10.9 Å². The zero-order valence-electron chi connectivity index (χ0n) is 9.30. The van der Waals surface area contributed by atoms with Crippen molar-refractivity contribution in [2.24, 2.45) is 5.73 Å². The molecule has 0 unspecified atom stereocenters. The number of nitrogens with zero attached hydrogens (tertiary/aromatic N) is 2. The van der Waals surface area contributed by atoms with Crippen LogP contribution in [-0.4, -0.2) is 9.97 Å². The molecule has 0 spiro atoms. The Bertz CT molecular complexity index is 671. The van der Waals surface area contributed by atoms with Crippen molar-refractivity contribution in [3.63, 3.8) is 0 Å². The Morgan fingerprint density at radius 1 is 1.41 bits per heavy atom. The summed E-state index contributed by atoms with van der Waals surface area (Å²) in [5.41, 5.74) is 8.35. The second-order valence-electron chi connectivity index (χ2n) is 3.74. The first-order valence-electron chi connectivity index (χ1n) is 5.28. The smallest absolute Gasteiger partial charge is 0.192 e. The largest absolute Gasteiger partial charge is 0.441 e. The lowest BCUT2D eigenvalue weighted by Gasteiger charge is -1.94. The number of fused-ring (bicyclic) bond motifs is 1. The maximum atomic E-state index is 5.56. The number of nitrogens with two attached hydrogens (primary N) is 1. The number of benzene rings is 1. The Hall–Kier alpha value is -1.72. The molecule has 0 aliphatic rings. The molecule has 4 nitrogen and oxygen atoms in total. The third kappa shape index (κ3) is 1.83. The van der Waals surface area contributed by atoms with E-state index in [2.05, 4.69) is 9.97 Å². The van der Waals surface area contributed by atoms with Gasteiger partial charge in [0.15, 0.2) is 11.5 Å². The van der Waals surface area contributed by atoms with Crippen LogP contribution in [0, 0.1) is 6.92 Å². The molecule has 2 N–H and O–H groups in total. The number of hydrogen-bond acceptors (Lipinski definition) is 5. The number of oxazole rings is 1. The molecule has 0 aliphatic heterocycles. The summed E-state index contributed by atoms with van der Waals surface area (Å²) in [6.07, 6.45) is 1.85. The SMILES string of the molecule is Cc1nc2cc(-c3cnc(CN)s3)ccc2o1. The summed E-state index contributed by atoms with van der Waals surface area (Å²) in [7, 11) is 0. The minimum Gasteiger partial charge on any atom is -0.441 e. The van der Waals surface area contributed by atoms with Gasteiger partial charge in [-0.2, -0.15) is 0 Å². The van der Waals surface area contributed by atoms with Crippen LogP contribution in [0.3, 0.4) is 0 Å². The van der Waals surface area contributed by atoms with E-state index >= 15 is 0 Å². The fourth-order valence-corrected chi connectivity index (χ4v) is 2.53. The fourth-order valence-electron chi connectivity index (χ4n) is 1.73. The number of hydrogen-bond donors (Lipinski definition) is 1. The lowest BCUT2D eigenvalue weighted by molar-refractivity contribution is 0.561. The van der Waals surface area contributed by atoms with E-state index in [1.807, 2.05) is 31.3 Å². The lowest BCUT2D eigenvalue weighted by atomic mass is 10.2. The van der Waals surface area contributed by atoms with Crippen LogP contribution in [0.25, 0.3) is 21.5 Å². The van der Waals surface area contributed by atoms with Gasteiger partial charge in [0.25, 0.3) is 0 Å². The van der Waals surface area contributed by atoms with Gasteiger partial charge in [0.05, 0.1) is 4.88 Å². The van der Waals surface area contributed by atoms with Gasteiger partial charge in [-0.3, -0.25) is 0 Å². The molecule has 1 aromatic carbocycles. The molecule has 3 rings (SSSR count). The van der Waals surface area contributed by atoms with Crippen molar-refractivity contribution in [3.8, 4) is 10.4 Å². The van der Waals surface area contributed by atoms with Gasteiger partial charge < -0.3 is 10.2 Å².